The third kappa shape index (κ3) is 2.80. The number of carbonyl (C=O) groups is 1. The van der Waals surface area contributed by atoms with E-state index in [9.17, 15) is 9.00 Å². The fourth-order valence-electron chi connectivity index (χ4n) is 2.12. The van der Waals surface area contributed by atoms with Crippen LogP contribution < -0.4 is 0 Å². The molecule has 0 spiro atoms. The van der Waals surface area contributed by atoms with Crippen molar-refractivity contribution in [3.63, 3.8) is 0 Å². The third-order valence-corrected chi connectivity index (χ3v) is 5.32. The van der Waals surface area contributed by atoms with E-state index >= 15 is 0 Å². The minimum atomic E-state index is -1.01. The minimum Gasteiger partial charge on any atom is -0.478 e. The van der Waals surface area contributed by atoms with Crippen LogP contribution in [0, 0.1) is 0 Å². The van der Waals surface area contributed by atoms with Crippen molar-refractivity contribution in [2.45, 2.75) is 14.7 Å². The number of fused-ring (bicyclic) bond motifs is 2. The lowest BCUT2D eigenvalue weighted by Gasteiger charge is -2.07. The summed E-state index contributed by atoms with van der Waals surface area (Å²) in [6.07, 6.45) is 5.59. The van der Waals surface area contributed by atoms with Crippen LogP contribution in [0.3, 0.4) is 0 Å². The predicted molar refractivity (Wildman–Crippen MR) is 85.2 cm³/mol. The molecule has 1 aliphatic rings. The van der Waals surface area contributed by atoms with Crippen LogP contribution in [-0.2, 0) is 10.8 Å². The summed E-state index contributed by atoms with van der Waals surface area (Å²) in [5.41, 5.74) is 2.27. The predicted octanol–water partition coefficient (Wildman–Crippen LogP) is 3.76. The summed E-state index contributed by atoms with van der Waals surface area (Å²) in [5.74, 6) is -0.927. The topological polar surface area (TPSA) is 54.4 Å². The number of hydrogen-bond donors (Lipinski definition) is 1. The summed E-state index contributed by atoms with van der Waals surface area (Å²) in [4.78, 5) is 13.8. The Morgan fingerprint density at radius 1 is 1.05 bits per heavy atom. The first-order chi connectivity index (χ1) is 10.0. The molecule has 2 aromatic carbocycles. The molecule has 0 saturated carbocycles. The first-order valence-electron chi connectivity index (χ1n) is 6.25. The maximum atomic E-state index is 11.6. The normalized spacial score (nSPS) is 14.0. The van der Waals surface area contributed by atoms with Crippen LogP contribution in [0.4, 0.5) is 0 Å². The van der Waals surface area contributed by atoms with Crippen molar-refractivity contribution >= 4 is 40.7 Å². The molecule has 1 unspecified atom stereocenters. The van der Waals surface area contributed by atoms with Crippen molar-refractivity contribution in [2.24, 2.45) is 0 Å². The molecular weight excluding hydrogens is 304 g/mol. The second-order valence-corrected chi connectivity index (χ2v) is 7.11. The molecule has 0 fully saturated rings. The van der Waals surface area contributed by atoms with Crippen LogP contribution in [0.5, 0.6) is 0 Å². The Bertz CT molecular complexity index is 794. The van der Waals surface area contributed by atoms with Crippen molar-refractivity contribution in [3.8, 4) is 0 Å². The Morgan fingerprint density at radius 3 is 2.52 bits per heavy atom. The zero-order valence-electron chi connectivity index (χ0n) is 11.2. The Morgan fingerprint density at radius 2 is 1.81 bits per heavy atom. The Labute approximate surface area is 129 Å². The molecule has 2 aromatic rings. The molecule has 3 rings (SSSR count). The van der Waals surface area contributed by atoms with Crippen LogP contribution in [0.25, 0.3) is 12.2 Å². The average Bonchev–Trinajstić information content (AvgIpc) is 2.64. The Kier molecular flexibility index (Phi) is 3.69. The van der Waals surface area contributed by atoms with Gasteiger partial charge in [-0.05, 0) is 41.5 Å². The van der Waals surface area contributed by atoms with E-state index in [0.29, 0.717) is 0 Å². The van der Waals surface area contributed by atoms with Crippen LogP contribution in [-0.4, -0.2) is 21.5 Å². The second-order valence-electron chi connectivity index (χ2n) is 4.65. The number of carboxylic acid groups (broad SMARTS) is 1. The van der Waals surface area contributed by atoms with Crippen molar-refractivity contribution in [2.75, 3.05) is 6.26 Å². The van der Waals surface area contributed by atoms with E-state index < -0.39 is 16.8 Å². The lowest BCUT2D eigenvalue weighted by Crippen LogP contribution is -1.96. The van der Waals surface area contributed by atoms with Gasteiger partial charge in [0.25, 0.3) is 0 Å². The largest absolute Gasteiger partial charge is 0.478 e. The first-order valence-corrected chi connectivity index (χ1v) is 8.63. The van der Waals surface area contributed by atoms with Gasteiger partial charge in [0, 0.05) is 31.7 Å². The smallest absolute Gasteiger partial charge is 0.335 e. The second kappa shape index (κ2) is 5.50. The van der Waals surface area contributed by atoms with E-state index in [0.717, 1.165) is 25.8 Å². The van der Waals surface area contributed by atoms with Gasteiger partial charge in [0.1, 0.15) is 0 Å². The zero-order valence-corrected chi connectivity index (χ0v) is 12.8. The number of aromatic carboxylic acids is 1. The summed E-state index contributed by atoms with van der Waals surface area (Å²) in [6, 6.07) is 10.8. The molecular formula is C16H12O3S2. The van der Waals surface area contributed by atoms with E-state index in [1.54, 1.807) is 18.4 Å². The van der Waals surface area contributed by atoms with Crippen LogP contribution in [0.15, 0.2) is 51.1 Å². The number of carboxylic acids is 1. The highest BCUT2D eigenvalue weighted by Crippen LogP contribution is 2.38. The van der Waals surface area contributed by atoms with Crippen molar-refractivity contribution < 1.29 is 14.1 Å². The lowest BCUT2D eigenvalue weighted by atomic mass is 10.1. The van der Waals surface area contributed by atoms with E-state index in [-0.39, 0.29) is 5.56 Å². The molecule has 1 aliphatic heterocycles. The quantitative estimate of drug-likeness (QED) is 0.782. The highest BCUT2D eigenvalue weighted by Gasteiger charge is 2.13. The van der Waals surface area contributed by atoms with E-state index in [1.807, 2.05) is 36.4 Å². The highest BCUT2D eigenvalue weighted by molar-refractivity contribution is 7.99. The summed E-state index contributed by atoms with van der Waals surface area (Å²) in [5, 5.41) is 9.09. The van der Waals surface area contributed by atoms with Gasteiger partial charge in [-0.3, -0.25) is 4.21 Å². The van der Waals surface area contributed by atoms with E-state index in [4.69, 9.17) is 5.11 Å². The molecule has 0 radical (unpaired) electrons. The van der Waals surface area contributed by atoms with Crippen LogP contribution in [0.1, 0.15) is 21.5 Å². The molecule has 0 bridgehead atoms. The fraction of sp³-hybridized carbons (Fsp3) is 0.0625. The van der Waals surface area contributed by atoms with Gasteiger partial charge in [-0.15, -0.1) is 0 Å². The minimum absolute atomic E-state index is 0.282. The molecule has 1 N–H and O–H groups in total. The van der Waals surface area contributed by atoms with Crippen LogP contribution >= 0.6 is 11.8 Å². The summed E-state index contributed by atoms with van der Waals surface area (Å²) < 4.78 is 11.6. The SMILES string of the molecule is CS(=O)c1ccc2c(c1)C=Cc1ccc(C(=O)O)cc1S2. The van der Waals surface area contributed by atoms with E-state index in [1.165, 1.54) is 11.8 Å². The average molecular weight is 316 g/mol. The van der Waals surface area contributed by atoms with Crippen molar-refractivity contribution in [3.05, 3.63) is 53.1 Å². The third-order valence-electron chi connectivity index (χ3n) is 3.24. The maximum Gasteiger partial charge on any atom is 0.335 e. The number of benzene rings is 2. The molecule has 0 saturated heterocycles. The lowest BCUT2D eigenvalue weighted by molar-refractivity contribution is 0.0696. The summed E-state index contributed by atoms with van der Waals surface area (Å²) in [7, 11) is -1.01. The summed E-state index contributed by atoms with van der Waals surface area (Å²) in [6.45, 7) is 0. The zero-order chi connectivity index (χ0) is 15.0. The van der Waals surface area contributed by atoms with Crippen molar-refractivity contribution in [1.82, 2.24) is 0 Å². The van der Waals surface area contributed by atoms with Gasteiger partial charge >= 0.3 is 5.97 Å². The van der Waals surface area contributed by atoms with Crippen molar-refractivity contribution in [1.29, 1.82) is 0 Å². The van der Waals surface area contributed by atoms with Gasteiger partial charge in [-0.1, -0.05) is 30.0 Å². The fourth-order valence-corrected chi connectivity index (χ4v) is 3.73. The molecule has 0 aliphatic carbocycles. The monoisotopic (exact) mass is 316 g/mol. The van der Waals surface area contributed by atoms with E-state index in [2.05, 4.69) is 0 Å². The van der Waals surface area contributed by atoms with Gasteiger partial charge < -0.3 is 5.11 Å². The maximum absolute atomic E-state index is 11.6. The van der Waals surface area contributed by atoms with Gasteiger partial charge in [-0.2, -0.15) is 0 Å². The number of hydrogen-bond acceptors (Lipinski definition) is 3. The molecule has 5 heteroatoms. The molecule has 106 valence electrons. The van der Waals surface area contributed by atoms with Gasteiger partial charge in [-0.25, -0.2) is 4.79 Å². The molecule has 21 heavy (non-hydrogen) atoms. The highest BCUT2D eigenvalue weighted by atomic mass is 32.2. The van der Waals surface area contributed by atoms with Gasteiger partial charge in [0.05, 0.1) is 5.56 Å². The first kappa shape index (κ1) is 14.1. The Hall–Kier alpha value is -1.85. The standard InChI is InChI=1S/C16H12O3S2/c1-21(19)13-6-7-14-11(8-13)4-2-10-3-5-12(16(17)18)9-15(10)20-14/h2-9H,1H3,(H,17,18). The summed E-state index contributed by atoms with van der Waals surface area (Å²) >= 11 is 1.53. The molecule has 1 heterocycles. The van der Waals surface area contributed by atoms with Crippen LogP contribution in [0.2, 0.25) is 0 Å². The molecule has 1 atom stereocenters. The molecule has 3 nitrogen and oxygen atoms in total. The number of rotatable bonds is 2. The molecule has 0 amide bonds. The molecule has 0 aromatic heterocycles. The van der Waals surface area contributed by atoms with Gasteiger partial charge in [0.15, 0.2) is 0 Å². The Balaban J connectivity index is 2.08. The van der Waals surface area contributed by atoms with Gasteiger partial charge in [0.2, 0.25) is 0 Å².